The number of benzene rings is 2. The number of hydrogen-bond donors (Lipinski definition) is 1. The molecule has 0 atom stereocenters. The van der Waals surface area contributed by atoms with Crippen LogP contribution >= 0.6 is 12.2 Å². The Bertz CT molecular complexity index is 951. The maximum absolute atomic E-state index is 13.0. The number of nitrogens with one attached hydrogen (secondary N) is 1. The van der Waals surface area contributed by atoms with Gasteiger partial charge in [0.25, 0.3) is 0 Å². The van der Waals surface area contributed by atoms with Crippen LogP contribution in [-0.2, 0) is 10.0 Å². The van der Waals surface area contributed by atoms with Crippen molar-refractivity contribution in [3.8, 4) is 5.75 Å². The third kappa shape index (κ3) is 4.45. The molecule has 2 aromatic carbocycles. The highest BCUT2D eigenvalue weighted by Crippen LogP contribution is 2.23. The molecule has 0 saturated carbocycles. The van der Waals surface area contributed by atoms with Gasteiger partial charge in [-0.2, -0.15) is 4.31 Å². The van der Waals surface area contributed by atoms with Crippen molar-refractivity contribution in [2.24, 2.45) is 0 Å². The first kappa shape index (κ1) is 20.6. The third-order valence-corrected chi connectivity index (χ3v) is 7.23. The molecule has 0 aliphatic carbocycles. The maximum Gasteiger partial charge on any atom is 0.243 e. The highest BCUT2D eigenvalue weighted by molar-refractivity contribution is 7.89. The predicted octanol–water partition coefficient (Wildman–Crippen LogP) is 3.02. The summed E-state index contributed by atoms with van der Waals surface area (Å²) in [6, 6.07) is 13.0. The van der Waals surface area contributed by atoms with E-state index in [1.807, 2.05) is 55.1 Å². The van der Waals surface area contributed by atoms with E-state index in [4.69, 9.17) is 17.0 Å². The lowest BCUT2D eigenvalue weighted by Crippen LogP contribution is -2.51. The van der Waals surface area contributed by atoms with E-state index in [2.05, 4.69) is 5.32 Å². The average molecular weight is 420 g/mol. The monoisotopic (exact) mass is 419 g/mol. The van der Waals surface area contributed by atoms with Crippen LogP contribution < -0.4 is 10.1 Å². The Labute approximate surface area is 172 Å². The lowest BCUT2D eigenvalue weighted by atomic mass is 10.2. The molecule has 1 saturated heterocycles. The SMILES string of the molecule is COc1ccc(NC(=S)N2CCN(S(=O)(=O)c3cc(C)ccc3C)CC2)cc1. The summed E-state index contributed by atoms with van der Waals surface area (Å²) in [7, 11) is -1.88. The molecule has 1 N–H and O–H groups in total. The van der Waals surface area contributed by atoms with E-state index in [0.717, 1.165) is 22.6 Å². The van der Waals surface area contributed by atoms with Crippen molar-refractivity contribution in [1.29, 1.82) is 0 Å². The van der Waals surface area contributed by atoms with Gasteiger partial charge in [0.15, 0.2) is 5.11 Å². The summed E-state index contributed by atoms with van der Waals surface area (Å²) < 4.78 is 32.8. The van der Waals surface area contributed by atoms with Crippen LogP contribution in [0.5, 0.6) is 5.75 Å². The second-order valence-electron chi connectivity index (χ2n) is 6.82. The zero-order chi connectivity index (χ0) is 20.3. The maximum atomic E-state index is 13.0. The highest BCUT2D eigenvalue weighted by Gasteiger charge is 2.30. The molecule has 1 heterocycles. The fourth-order valence-electron chi connectivity index (χ4n) is 3.13. The van der Waals surface area contributed by atoms with Gasteiger partial charge in [-0.15, -0.1) is 0 Å². The van der Waals surface area contributed by atoms with Crippen LogP contribution in [0.15, 0.2) is 47.4 Å². The van der Waals surface area contributed by atoms with Crippen LogP contribution in [-0.4, -0.2) is 56.0 Å². The van der Waals surface area contributed by atoms with Crippen LogP contribution in [0, 0.1) is 13.8 Å². The van der Waals surface area contributed by atoms with Crippen molar-refractivity contribution in [3.63, 3.8) is 0 Å². The van der Waals surface area contributed by atoms with Gasteiger partial charge in [-0.3, -0.25) is 0 Å². The Morgan fingerprint density at radius 2 is 1.68 bits per heavy atom. The van der Waals surface area contributed by atoms with Crippen LogP contribution in [0.25, 0.3) is 0 Å². The van der Waals surface area contributed by atoms with Crippen molar-refractivity contribution < 1.29 is 13.2 Å². The van der Waals surface area contributed by atoms with Gasteiger partial charge in [0.1, 0.15) is 5.75 Å². The van der Waals surface area contributed by atoms with Crippen molar-refractivity contribution in [3.05, 3.63) is 53.6 Å². The minimum absolute atomic E-state index is 0.389. The van der Waals surface area contributed by atoms with E-state index >= 15 is 0 Å². The number of piperazine rings is 1. The minimum atomic E-state index is -3.50. The van der Waals surface area contributed by atoms with Crippen molar-refractivity contribution >= 4 is 33.0 Å². The fraction of sp³-hybridized carbons (Fsp3) is 0.350. The van der Waals surface area contributed by atoms with Gasteiger partial charge in [-0.05, 0) is 67.5 Å². The first-order valence-electron chi connectivity index (χ1n) is 9.08. The van der Waals surface area contributed by atoms with E-state index in [-0.39, 0.29) is 0 Å². The molecule has 0 spiro atoms. The number of ether oxygens (including phenoxy) is 1. The van der Waals surface area contributed by atoms with Gasteiger partial charge in [-0.25, -0.2) is 8.42 Å². The standard InChI is InChI=1S/C20H25N3O3S2/c1-15-4-5-16(2)19(14-15)28(24,25)23-12-10-22(11-13-23)20(27)21-17-6-8-18(26-3)9-7-17/h4-9,14H,10-13H2,1-3H3,(H,21,27). The molecule has 0 aromatic heterocycles. The molecule has 1 aliphatic heterocycles. The van der Waals surface area contributed by atoms with Gasteiger partial charge in [-0.1, -0.05) is 12.1 Å². The van der Waals surface area contributed by atoms with Crippen LogP contribution in [0.3, 0.4) is 0 Å². The minimum Gasteiger partial charge on any atom is -0.497 e. The molecular formula is C20H25N3O3S2. The summed E-state index contributed by atoms with van der Waals surface area (Å²) in [5.74, 6) is 0.779. The topological polar surface area (TPSA) is 61.9 Å². The van der Waals surface area contributed by atoms with E-state index in [9.17, 15) is 8.42 Å². The molecule has 0 unspecified atom stereocenters. The molecule has 8 heteroatoms. The van der Waals surface area contributed by atoms with Gasteiger partial charge < -0.3 is 15.0 Å². The lowest BCUT2D eigenvalue weighted by Gasteiger charge is -2.35. The molecule has 28 heavy (non-hydrogen) atoms. The summed E-state index contributed by atoms with van der Waals surface area (Å²) >= 11 is 5.50. The molecule has 2 aromatic rings. The predicted molar refractivity (Wildman–Crippen MR) is 115 cm³/mol. The summed E-state index contributed by atoms with van der Waals surface area (Å²) in [5.41, 5.74) is 2.58. The average Bonchev–Trinajstić information content (AvgIpc) is 2.70. The molecule has 1 fully saturated rings. The molecule has 1 aliphatic rings. The number of hydrogen-bond acceptors (Lipinski definition) is 4. The smallest absolute Gasteiger partial charge is 0.243 e. The van der Waals surface area contributed by atoms with Crippen molar-refractivity contribution in [2.45, 2.75) is 18.7 Å². The number of anilines is 1. The van der Waals surface area contributed by atoms with Crippen LogP contribution in [0.4, 0.5) is 5.69 Å². The first-order chi connectivity index (χ1) is 13.3. The second kappa shape index (κ2) is 8.46. The van der Waals surface area contributed by atoms with E-state index < -0.39 is 10.0 Å². The second-order valence-corrected chi connectivity index (χ2v) is 9.11. The summed E-state index contributed by atoms with van der Waals surface area (Å²) in [6.07, 6.45) is 0. The molecule has 0 amide bonds. The summed E-state index contributed by atoms with van der Waals surface area (Å²) in [4.78, 5) is 2.38. The van der Waals surface area contributed by atoms with Crippen molar-refractivity contribution in [1.82, 2.24) is 9.21 Å². The Morgan fingerprint density at radius 1 is 1.04 bits per heavy atom. The molecule has 3 rings (SSSR count). The number of nitrogens with zero attached hydrogens (tertiary/aromatic N) is 2. The van der Waals surface area contributed by atoms with Crippen molar-refractivity contribution in [2.75, 3.05) is 38.6 Å². The van der Waals surface area contributed by atoms with E-state index in [1.165, 1.54) is 0 Å². The molecular weight excluding hydrogens is 394 g/mol. The number of aryl methyl sites for hydroxylation is 2. The molecule has 6 nitrogen and oxygen atoms in total. The van der Waals surface area contributed by atoms with Gasteiger partial charge in [0.2, 0.25) is 10.0 Å². The molecule has 0 bridgehead atoms. The Morgan fingerprint density at radius 3 is 2.29 bits per heavy atom. The Kier molecular flexibility index (Phi) is 6.22. The number of rotatable bonds is 4. The van der Waals surface area contributed by atoms with E-state index in [0.29, 0.717) is 36.2 Å². The van der Waals surface area contributed by atoms with E-state index in [1.54, 1.807) is 17.5 Å². The number of thiocarbonyl (C=S) groups is 1. The Balaban J connectivity index is 1.63. The fourth-order valence-corrected chi connectivity index (χ4v) is 5.17. The zero-order valence-corrected chi connectivity index (χ0v) is 17.9. The largest absolute Gasteiger partial charge is 0.497 e. The lowest BCUT2D eigenvalue weighted by molar-refractivity contribution is 0.268. The van der Waals surface area contributed by atoms with Crippen LogP contribution in [0.1, 0.15) is 11.1 Å². The Hall–Kier alpha value is -2.16. The summed E-state index contributed by atoms with van der Waals surface area (Å²) in [5, 5.41) is 3.79. The van der Waals surface area contributed by atoms with Gasteiger partial charge in [0.05, 0.1) is 12.0 Å². The normalized spacial score (nSPS) is 15.3. The third-order valence-electron chi connectivity index (χ3n) is 4.83. The quantitative estimate of drug-likeness (QED) is 0.769. The number of methoxy groups -OCH3 is 1. The number of sulfonamides is 1. The summed E-state index contributed by atoms with van der Waals surface area (Å²) in [6.45, 7) is 5.63. The van der Waals surface area contributed by atoms with Crippen LogP contribution in [0.2, 0.25) is 0 Å². The molecule has 150 valence electrons. The molecule has 0 radical (unpaired) electrons. The van der Waals surface area contributed by atoms with Gasteiger partial charge >= 0.3 is 0 Å². The zero-order valence-electron chi connectivity index (χ0n) is 16.3. The first-order valence-corrected chi connectivity index (χ1v) is 10.9. The van der Waals surface area contributed by atoms with Gasteiger partial charge in [0, 0.05) is 31.9 Å². The highest BCUT2D eigenvalue weighted by atomic mass is 32.2.